The van der Waals surface area contributed by atoms with Gasteiger partial charge >= 0.3 is 11.9 Å². The first-order chi connectivity index (χ1) is 19.0. The molecular formula is C30H33NO8. The van der Waals surface area contributed by atoms with Crippen molar-refractivity contribution in [2.75, 3.05) is 54.2 Å². The first-order valence-corrected chi connectivity index (χ1v) is 12.7. The fourth-order valence-electron chi connectivity index (χ4n) is 4.26. The summed E-state index contributed by atoms with van der Waals surface area (Å²) in [6.45, 7) is 4.09. The van der Waals surface area contributed by atoms with Crippen molar-refractivity contribution in [1.29, 1.82) is 0 Å². The molecule has 39 heavy (non-hydrogen) atoms. The molecule has 3 aromatic carbocycles. The highest BCUT2D eigenvalue weighted by Crippen LogP contribution is 2.34. The van der Waals surface area contributed by atoms with Gasteiger partial charge in [-0.25, -0.2) is 9.59 Å². The SMILES string of the molecule is COC(=O)c1cc(OC(=O)c2ccc(OC)c(OCc3ccccc3)c2)c(OC)cc1CCN1CCOCC1. The van der Waals surface area contributed by atoms with Gasteiger partial charge < -0.3 is 28.4 Å². The Morgan fingerprint density at radius 3 is 2.26 bits per heavy atom. The minimum Gasteiger partial charge on any atom is -0.493 e. The lowest BCUT2D eigenvalue weighted by molar-refractivity contribution is 0.0383. The first kappa shape index (κ1) is 27.9. The molecule has 0 atom stereocenters. The number of esters is 2. The van der Waals surface area contributed by atoms with Crippen LogP contribution in [0.15, 0.2) is 60.7 Å². The molecule has 1 heterocycles. The molecule has 9 nitrogen and oxygen atoms in total. The molecule has 0 unspecified atom stereocenters. The van der Waals surface area contributed by atoms with Crippen molar-refractivity contribution in [3.63, 3.8) is 0 Å². The molecule has 3 aromatic rings. The lowest BCUT2D eigenvalue weighted by Gasteiger charge is -2.26. The van der Waals surface area contributed by atoms with Gasteiger partial charge in [-0.1, -0.05) is 30.3 Å². The van der Waals surface area contributed by atoms with E-state index in [-0.39, 0.29) is 11.3 Å². The van der Waals surface area contributed by atoms with Crippen LogP contribution in [0.3, 0.4) is 0 Å². The van der Waals surface area contributed by atoms with Gasteiger partial charge in [-0.3, -0.25) is 4.90 Å². The quantitative estimate of drug-likeness (QED) is 0.265. The molecule has 1 saturated heterocycles. The number of carbonyl (C=O) groups excluding carboxylic acids is 2. The zero-order valence-electron chi connectivity index (χ0n) is 22.4. The molecule has 0 radical (unpaired) electrons. The zero-order valence-corrected chi connectivity index (χ0v) is 22.4. The second kappa shape index (κ2) is 13.6. The number of benzene rings is 3. The van der Waals surface area contributed by atoms with Crippen LogP contribution in [0.4, 0.5) is 0 Å². The fraction of sp³-hybridized carbons (Fsp3) is 0.333. The van der Waals surface area contributed by atoms with Gasteiger partial charge in [0.15, 0.2) is 23.0 Å². The van der Waals surface area contributed by atoms with E-state index in [2.05, 4.69) is 4.90 Å². The number of hydrogen-bond donors (Lipinski definition) is 0. The van der Waals surface area contributed by atoms with Crippen molar-refractivity contribution < 1.29 is 38.0 Å². The van der Waals surface area contributed by atoms with Crippen LogP contribution in [0.5, 0.6) is 23.0 Å². The van der Waals surface area contributed by atoms with Crippen LogP contribution in [-0.4, -0.2) is 71.0 Å². The van der Waals surface area contributed by atoms with E-state index in [0.29, 0.717) is 49.1 Å². The highest BCUT2D eigenvalue weighted by Gasteiger charge is 2.22. The standard InChI is InChI=1S/C30H33NO8/c1-34-25-10-9-23(18-27(25)38-20-21-7-5-4-6-8-21)29(32)39-28-19-24(30(33)36-3)22(17-26(28)35-2)11-12-31-13-15-37-16-14-31/h4-10,17-19H,11-16,20H2,1-3H3. The Kier molecular flexibility index (Phi) is 9.77. The van der Waals surface area contributed by atoms with E-state index < -0.39 is 11.9 Å². The number of nitrogens with zero attached hydrogens (tertiary/aromatic N) is 1. The van der Waals surface area contributed by atoms with Gasteiger partial charge in [0.25, 0.3) is 0 Å². The normalized spacial score (nSPS) is 13.4. The molecule has 0 bridgehead atoms. The van der Waals surface area contributed by atoms with Crippen LogP contribution in [-0.2, 0) is 22.5 Å². The number of morpholine rings is 1. The largest absolute Gasteiger partial charge is 0.493 e. The van der Waals surface area contributed by atoms with Crippen molar-refractivity contribution in [3.05, 3.63) is 82.9 Å². The molecule has 1 aliphatic heterocycles. The second-order valence-corrected chi connectivity index (χ2v) is 8.89. The van der Waals surface area contributed by atoms with Crippen molar-refractivity contribution >= 4 is 11.9 Å². The maximum Gasteiger partial charge on any atom is 0.343 e. The van der Waals surface area contributed by atoms with Crippen molar-refractivity contribution in [1.82, 2.24) is 4.90 Å². The molecule has 4 rings (SSSR count). The van der Waals surface area contributed by atoms with Gasteiger partial charge in [-0.2, -0.15) is 0 Å². The van der Waals surface area contributed by atoms with Crippen LogP contribution in [0.25, 0.3) is 0 Å². The predicted molar refractivity (Wildman–Crippen MR) is 144 cm³/mol. The Bertz CT molecular complexity index is 1270. The molecule has 0 aliphatic carbocycles. The molecule has 1 fully saturated rings. The third-order valence-corrected chi connectivity index (χ3v) is 6.44. The number of methoxy groups -OCH3 is 3. The van der Waals surface area contributed by atoms with Crippen LogP contribution in [0, 0.1) is 0 Å². The Balaban J connectivity index is 1.54. The van der Waals surface area contributed by atoms with Gasteiger partial charge in [0.1, 0.15) is 6.61 Å². The molecule has 0 saturated carbocycles. The van der Waals surface area contributed by atoms with E-state index in [1.807, 2.05) is 30.3 Å². The summed E-state index contributed by atoms with van der Waals surface area (Å²) >= 11 is 0. The fourth-order valence-corrected chi connectivity index (χ4v) is 4.26. The van der Waals surface area contributed by atoms with Gasteiger partial charge in [0.05, 0.1) is 45.7 Å². The first-order valence-electron chi connectivity index (χ1n) is 12.7. The van der Waals surface area contributed by atoms with Crippen LogP contribution in [0.1, 0.15) is 31.8 Å². The molecule has 0 spiro atoms. The third kappa shape index (κ3) is 7.28. The molecule has 9 heteroatoms. The summed E-state index contributed by atoms with van der Waals surface area (Å²) in [5, 5.41) is 0. The smallest absolute Gasteiger partial charge is 0.343 e. The highest BCUT2D eigenvalue weighted by atomic mass is 16.6. The predicted octanol–water partition coefficient (Wildman–Crippen LogP) is 4.16. The minimum atomic E-state index is -0.641. The van der Waals surface area contributed by atoms with E-state index in [4.69, 9.17) is 28.4 Å². The average Bonchev–Trinajstić information content (AvgIpc) is 2.99. The number of carbonyl (C=O) groups is 2. The molecule has 1 aliphatic rings. The summed E-state index contributed by atoms with van der Waals surface area (Å²) in [5.41, 5.74) is 2.28. The molecule has 0 aromatic heterocycles. The van der Waals surface area contributed by atoms with Crippen molar-refractivity contribution in [2.24, 2.45) is 0 Å². The molecule has 0 amide bonds. The van der Waals surface area contributed by atoms with Crippen LogP contribution < -0.4 is 18.9 Å². The number of rotatable bonds is 11. The summed E-state index contributed by atoms with van der Waals surface area (Å²) in [5.74, 6) is 0.169. The summed E-state index contributed by atoms with van der Waals surface area (Å²) < 4.78 is 33.0. The lowest BCUT2D eigenvalue weighted by atomic mass is 10.0. The van der Waals surface area contributed by atoms with Gasteiger partial charge in [-0.05, 0) is 47.9 Å². The zero-order chi connectivity index (χ0) is 27.6. The van der Waals surface area contributed by atoms with E-state index in [1.54, 1.807) is 24.3 Å². The second-order valence-electron chi connectivity index (χ2n) is 8.89. The van der Waals surface area contributed by atoms with E-state index in [1.165, 1.54) is 27.4 Å². The van der Waals surface area contributed by atoms with Crippen molar-refractivity contribution in [3.8, 4) is 23.0 Å². The van der Waals surface area contributed by atoms with Gasteiger partial charge in [0.2, 0.25) is 0 Å². The summed E-state index contributed by atoms with van der Waals surface area (Å²) in [4.78, 5) is 28.1. The maximum absolute atomic E-state index is 13.2. The molecular weight excluding hydrogens is 502 g/mol. The summed E-state index contributed by atoms with van der Waals surface area (Å²) in [6.07, 6.45) is 0.593. The third-order valence-electron chi connectivity index (χ3n) is 6.44. The van der Waals surface area contributed by atoms with E-state index >= 15 is 0 Å². The Morgan fingerprint density at radius 1 is 0.821 bits per heavy atom. The summed E-state index contributed by atoms with van der Waals surface area (Å²) in [6, 6.07) is 17.7. The lowest BCUT2D eigenvalue weighted by Crippen LogP contribution is -2.37. The number of ether oxygens (including phenoxy) is 6. The van der Waals surface area contributed by atoms with Crippen LogP contribution >= 0.6 is 0 Å². The van der Waals surface area contributed by atoms with Crippen LogP contribution in [0.2, 0.25) is 0 Å². The summed E-state index contributed by atoms with van der Waals surface area (Å²) in [7, 11) is 4.33. The van der Waals surface area contributed by atoms with Crippen molar-refractivity contribution in [2.45, 2.75) is 13.0 Å². The number of hydrogen-bond acceptors (Lipinski definition) is 9. The Morgan fingerprint density at radius 2 is 1.56 bits per heavy atom. The monoisotopic (exact) mass is 535 g/mol. The molecule has 206 valence electrons. The van der Waals surface area contributed by atoms with Gasteiger partial charge in [0, 0.05) is 19.6 Å². The van der Waals surface area contributed by atoms with Gasteiger partial charge in [-0.15, -0.1) is 0 Å². The minimum absolute atomic E-state index is 0.112. The Hall–Kier alpha value is -4.08. The van der Waals surface area contributed by atoms with E-state index in [9.17, 15) is 9.59 Å². The molecule has 0 N–H and O–H groups in total. The topological polar surface area (TPSA) is 92.8 Å². The van der Waals surface area contributed by atoms with E-state index in [0.717, 1.165) is 30.8 Å². The average molecular weight is 536 g/mol. The Labute approximate surface area is 228 Å². The maximum atomic E-state index is 13.2. The highest BCUT2D eigenvalue weighted by molar-refractivity contribution is 5.94.